The first-order valence-electron chi connectivity index (χ1n) is 11.8. The van der Waals surface area contributed by atoms with Gasteiger partial charge in [0, 0.05) is 42.0 Å². The summed E-state index contributed by atoms with van der Waals surface area (Å²) in [6.45, 7) is 0.957. The monoisotopic (exact) mass is 539 g/mol. The Morgan fingerprint density at radius 2 is 2.00 bits per heavy atom. The molecular weight excluding hydrogens is 518 g/mol. The normalized spacial score (nSPS) is 19.3. The molecule has 8 nitrogen and oxygen atoms in total. The first kappa shape index (κ1) is 26.3. The quantitative estimate of drug-likeness (QED) is 0.376. The molecule has 2 aromatic carbocycles. The predicted molar refractivity (Wildman–Crippen MR) is 133 cm³/mol. The number of fused-ring (bicyclic) bond motifs is 1. The summed E-state index contributed by atoms with van der Waals surface area (Å²) < 4.78 is 61.6. The van der Waals surface area contributed by atoms with Crippen molar-refractivity contribution < 1.29 is 27.4 Å². The molecule has 2 atom stereocenters. The van der Waals surface area contributed by atoms with Gasteiger partial charge in [0.25, 0.3) is 5.56 Å². The molecule has 0 amide bonds. The molecule has 0 unspecified atom stereocenters. The van der Waals surface area contributed by atoms with E-state index in [1.165, 1.54) is 37.6 Å². The van der Waals surface area contributed by atoms with Crippen LogP contribution in [-0.2, 0) is 0 Å². The number of alkyl halides is 3. The number of nitrogens with zero attached hydrogens (tertiary/aromatic N) is 4. The second kappa shape index (κ2) is 9.44. The molecule has 1 aliphatic heterocycles. The number of aromatic nitrogens is 3. The molecule has 2 N–H and O–H groups in total. The van der Waals surface area contributed by atoms with Crippen LogP contribution in [0.1, 0.15) is 29.5 Å². The second-order valence-electron chi connectivity index (χ2n) is 9.32. The van der Waals surface area contributed by atoms with E-state index in [-0.39, 0.29) is 33.7 Å². The molecule has 5 rings (SSSR count). The molecular formula is C27H21F4N5O3. The standard InChI is InChI=1S/C27H21F4N5O3/c1-14-3-4-16(12-33-14)18-7-15(11-32)8-19-23(18)35-24(21-10-26(38,13-34-21)27(29,30)31)36(25(19)37)17-5-6-22(39-2)20(28)9-17/h3-9,12,21,34,38H,10,13H2,1-2H3/t21-,26-/m0/s1. The Balaban J connectivity index is 1.83. The van der Waals surface area contributed by atoms with Crippen molar-refractivity contribution in [2.75, 3.05) is 13.7 Å². The third kappa shape index (κ3) is 4.49. The maximum atomic E-state index is 14.7. The van der Waals surface area contributed by atoms with E-state index in [2.05, 4.69) is 15.3 Å². The van der Waals surface area contributed by atoms with Crippen LogP contribution < -0.4 is 15.6 Å². The zero-order valence-corrected chi connectivity index (χ0v) is 20.7. The maximum Gasteiger partial charge on any atom is 0.418 e. The molecule has 200 valence electrons. The Kier molecular flexibility index (Phi) is 6.36. The lowest BCUT2D eigenvalue weighted by molar-refractivity contribution is -0.252. The van der Waals surface area contributed by atoms with Gasteiger partial charge in [0.15, 0.2) is 17.2 Å². The first-order valence-corrected chi connectivity index (χ1v) is 11.8. The topological polar surface area (TPSA) is 113 Å². The van der Waals surface area contributed by atoms with E-state index in [1.54, 1.807) is 19.1 Å². The number of methoxy groups -OCH3 is 1. The third-order valence-corrected chi connectivity index (χ3v) is 6.77. The zero-order valence-electron chi connectivity index (χ0n) is 20.7. The van der Waals surface area contributed by atoms with E-state index in [0.717, 1.165) is 16.3 Å². The molecule has 0 radical (unpaired) electrons. The molecule has 3 heterocycles. The third-order valence-electron chi connectivity index (χ3n) is 6.77. The van der Waals surface area contributed by atoms with Gasteiger partial charge in [0.1, 0.15) is 5.82 Å². The minimum absolute atomic E-state index is 0.00585. The number of ether oxygens (including phenoxy) is 1. The fraction of sp³-hybridized carbons (Fsp3) is 0.259. The number of aliphatic hydroxyl groups is 1. The van der Waals surface area contributed by atoms with Gasteiger partial charge in [0.2, 0.25) is 0 Å². The summed E-state index contributed by atoms with van der Waals surface area (Å²) in [5.74, 6) is -1.08. The van der Waals surface area contributed by atoms with Gasteiger partial charge in [-0.05, 0) is 37.3 Å². The van der Waals surface area contributed by atoms with Crippen molar-refractivity contribution >= 4 is 10.9 Å². The van der Waals surface area contributed by atoms with Crippen molar-refractivity contribution in [3.63, 3.8) is 0 Å². The van der Waals surface area contributed by atoms with Crippen LogP contribution in [0.15, 0.2) is 53.5 Å². The van der Waals surface area contributed by atoms with Crippen molar-refractivity contribution in [2.45, 2.75) is 31.2 Å². The fourth-order valence-corrected chi connectivity index (χ4v) is 4.67. The van der Waals surface area contributed by atoms with Crippen LogP contribution in [-0.4, -0.2) is 45.1 Å². The summed E-state index contributed by atoms with van der Waals surface area (Å²) in [4.78, 5) is 22.8. The van der Waals surface area contributed by atoms with E-state index < -0.39 is 42.2 Å². The molecule has 4 aromatic rings. The molecule has 12 heteroatoms. The van der Waals surface area contributed by atoms with Crippen LogP contribution in [0.25, 0.3) is 27.7 Å². The number of β-amino-alcohol motifs (C(OH)–C–C–N with tert-alkyl or cyclic N) is 1. The molecule has 0 spiro atoms. The summed E-state index contributed by atoms with van der Waals surface area (Å²) in [5.41, 5.74) is -1.94. The van der Waals surface area contributed by atoms with Crippen molar-refractivity contribution in [3.8, 4) is 28.6 Å². The van der Waals surface area contributed by atoms with E-state index >= 15 is 0 Å². The van der Waals surface area contributed by atoms with Crippen LogP contribution in [0.3, 0.4) is 0 Å². The summed E-state index contributed by atoms with van der Waals surface area (Å²) >= 11 is 0. The van der Waals surface area contributed by atoms with Gasteiger partial charge in [-0.25, -0.2) is 9.37 Å². The van der Waals surface area contributed by atoms with Crippen LogP contribution in [0.2, 0.25) is 0 Å². The molecule has 1 saturated heterocycles. The molecule has 2 aromatic heterocycles. The second-order valence-corrected chi connectivity index (χ2v) is 9.32. The SMILES string of the molecule is COc1ccc(-n2c([C@@H]3C[C@@](O)(C(F)(F)F)CN3)nc3c(-c4ccc(C)nc4)cc(C#N)cc3c2=O)cc1F. The molecule has 1 aliphatic rings. The van der Waals surface area contributed by atoms with E-state index in [1.807, 2.05) is 6.07 Å². The van der Waals surface area contributed by atoms with Gasteiger partial charge in [-0.3, -0.25) is 14.3 Å². The Morgan fingerprint density at radius 3 is 2.59 bits per heavy atom. The number of aryl methyl sites for hydroxylation is 1. The summed E-state index contributed by atoms with van der Waals surface area (Å²) in [6, 6.07) is 10.7. The smallest absolute Gasteiger partial charge is 0.418 e. The lowest BCUT2D eigenvalue weighted by atomic mass is 9.98. The number of nitrogens with one attached hydrogen (secondary N) is 1. The molecule has 0 aliphatic carbocycles. The highest BCUT2D eigenvalue weighted by Crippen LogP contribution is 2.41. The van der Waals surface area contributed by atoms with Crippen molar-refractivity contribution in [3.05, 3.63) is 81.9 Å². The maximum absolute atomic E-state index is 14.7. The molecule has 0 bridgehead atoms. The molecule has 39 heavy (non-hydrogen) atoms. The van der Waals surface area contributed by atoms with E-state index in [4.69, 9.17) is 4.74 Å². The Hall–Kier alpha value is -4.34. The van der Waals surface area contributed by atoms with Crippen LogP contribution >= 0.6 is 0 Å². The average molecular weight is 539 g/mol. The number of rotatable bonds is 4. The van der Waals surface area contributed by atoms with Gasteiger partial charge in [-0.2, -0.15) is 18.4 Å². The van der Waals surface area contributed by atoms with Crippen LogP contribution in [0.5, 0.6) is 5.75 Å². The fourth-order valence-electron chi connectivity index (χ4n) is 4.67. The minimum atomic E-state index is -4.94. The Bertz CT molecular complexity index is 1700. The highest BCUT2D eigenvalue weighted by Gasteiger charge is 2.58. The van der Waals surface area contributed by atoms with Gasteiger partial charge in [-0.1, -0.05) is 6.07 Å². The molecule has 1 fully saturated rings. The zero-order chi connectivity index (χ0) is 28.1. The number of hydrogen-bond donors (Lipinski definition) is 2. The van der Waals surface area contributed by atoms with Crippen molar-refractivity contribution in [2.24, 2.45) is 0 Å². The predicted octanol–water partition coefficient (Wildman–Crippen LogP) is 4.10. The lowest BCUT2D eigenvalue weighted by Crippen LogP contribution is -2.46. The average Bonchev–Trinajstić information content (AvgIpc) is 3.32. The Labute approximate surface area is 219 Å². The summed E-state index contributed by atoms with van der Waals surface area (Å²) in [7, 11) is 1.26. The number of nitriles is 1. The van der Waals surface area contributed by atoms with E-state index in [9.17, 15) is 32.7 Å². The minimum Gasteiger partial charge on any atom is -0.494 e. The largest absolute Gasteiger partial charge is 0.494 e. The summed E-state index contributed by atoms with van der Waals surface area (Å²) in [5, 5.41) is 22.6. The van der Waals surface area contributed by atoms with Crippen molar-refractivity contribution in [1.29, 1.82) is 5.26 Å². The number of hydrogen-bond acceptors (Lipinski definition) is 7. The summed E-state index contributed by atoms with van der Waals surface area (Å²) in [6.07, 6.45) is -4.23. The highest BCUT2D eigenvalue weighted by atomic mass is 19.4. The van der Waals surface area contributed by atoms with Crippen LogP contribution in [0.4, 0.5) is 17.6 Å². The number of benzene rings is 2. The number of pyridine rings is 1. The van der Waals surface area contributed by atoms with Gasteiger partial charge in [0.05, 0.1) is 41.4 Å². The lowest BCUT2D eigenvalue weighted by Gasteiger charge is -2.25. The van der Waals surface area contributed by atoms with Gasteiger partial charge < -0.3 is 15.2 Å². The van der Waals surface area contributed by atoms with Crippen molar-refractivity contribution in [1.82, 2.24) is 19.9 Å². The molecule has 0 saturated carbocycles. The van der Waals surface area contributed by atoms with Crippen LogP contribution in [0, 0.1) is 24.1 Å². The number of halogens is 4. The Morgan fingerprint density at radius 1 is 1.23 bits per heavy atom. The van der Waals surface area contributed by atoms with Gasteiger partial charge in [-0.15, -0.1) is 0 Å². The van der Waals surface area contributed by atoms with E-state index in [0.29, 0.717) is 11.1 Å². The first-order chi connectivity index (χ1) is 18.5. The van der Waals surface area contributed by atoms with Gasteiger partial charge >= 0.3 is 6.18 Å². The highest BCUT2D eigenvalue weighted by molar-refractivity contribution is 5.94.